The van der Waals surface area contributed by atoms with E-state index in [2.05, 4.69) is 15.5 Å². The van der Waals surface area contributed by atoms with Crippen LogP contribution in [0.5, 0.6) is 5.75 Å². The molecule has 1 aromatic carbocycles. The number of hydrogen-bond acceptors (Lipinski definition) is 6. The Hall–Kier alpha value is -3.40. The van der Waals surface area contributed by atoms with Crippen molar-refractivity contribution in [3.8, 4) is 5.75 Å². The first kappa shape index (κ1) is 19.4. The van der Waals surface area contributed by atoms with Crippen molar-refractivity contribution in [3.05, 3.63) is 41.9 Å². The van der Waals surface area contributed by atoms with E-state index in [0.717, 1.165) is 5.56 Å². The molecule has 0 radical (unpaired) electrons. The fraction of sp³-hybridized carbons (Fsp3) is 0.333. The van der Waals surface area contributed by atoms with Crippen LogP contribution in [0.2, 0.25) is 0 Å². The Balaban J connectivity index is 1.88. The highest BCUT2D eigenvalue weighted by atomic mass is 16.5. The molecule has 0 saturated carbocycles. The zero-order valence-corrected chi connectivity index (χ0v) is 15.8. The van der Waals surface area contributed by atoms with E-state index in [-0.39, 0.29) is 5.69 Å². The molecule has 0 aliphatic carbocycles. The van der Waals surface area contributed by atoms with Crippen LogP contribution in [-0.2, 0) is 25.5 Å². The Bertz CT molecular complexity index is 1040. The van der Waals surface area contributed by atoms with E-state index in [9.17, 15) is 14.7 Å². The Morgan fingerprint density at radius 3 is 2.71 bits per heavy atom. The van der Waals surface area contributed by atoms with Crippen molar-refractivity contribution in [1.82, 2.24) is 24.9 Å². The molecule has 3 rings (SSSR count). The van der Waals surface area contributed by atoms with Gasteiger partial charge in [-0.1, -0.05) is 0 Å². The van der Waals surface area contributed by atoms with Gasteiger partial charge in [-0.05, 0) is 25.1 Å². The number of fused-ring (bicyclic) bond motifs is 1. The van der Waals surface area contributed by atoms with Crippen LogP contribution in [0, 0.1) is 0 Å². The van der Waals surface area contributed by atoms with Crippen molar-refractivity contribution in [3.63, 3.8) is 0 Å². The van der Waals surface area contributed by atoms with Gasteiger partial charge in [0.15, 0.2) is 0 Å². The van der Waals surface area contributed by atoms with Crippen LogP contribution in [0.1, 0.15) is 23.0 Å². The van der Waals surface area contributed by atoms with E-state index in [4.69, 9.17) is 10.5 Å². The normalized spacial score (nSPS) is 13.3. The third kappa shape index (κ3) is 3.67. The van der Waals surface area contributed by atoms with Crippen LogP contribution >= 0.6 is 0 Å². The Morgan fingerprint density at radius 1 is 1.36 bits per heavy atom. The number of rotatable bonds is 7. The molecule has 4 N–H and O–H groups in total. The first-order valence-corrected chi connectivity index (χ1v) is 8.54. The fourth-order valence-corrected chi connectivity index (χ4v) is 2.74. The number of carbonyl (C=O) groups excluding carboxylic acids is 2. The molecule has 0 spiro atoms. The smallest absolute Gasteiger partial charge is 0.271 e. The van der Waals surface area contributed by atoms with Crippen LogP contribution in [0.25, 0.3) is 10.9 Å². The maximum absolute atomic E-state index is 12.8. The van der Waals surface area contributed by atoms with Crippen molar-refractivity contribution < 1.29 is 19.4 Å². The molecule has 148 valence electrons. The second kappa shape index (κ2) is 7.31. The van der Waals surface area contributed by atoms with E-state index in [1.165, 1.54) is 11.6 Å². The molecule has 3 aromatic rings. The third-order valence-electron chi connectivity index (χ3n) is 4.43. The monoisotopic (exact) mass is 386 g/mol. The van der Waals surface area contributed by atoms with Crippen molar-refractivity contribution in [2.45, 2.75) is 19.1 Å². The quantitative estimate of drug-likeness (QED) is 0.516. The maximum Gasteiger partial charge on any atom is 0.271 e. The lowest BCUT2D eigenvalue weighted by Gasteiger charge is -2.24. The summed E-state index contributed by atoms with van der Waals surface area (Å²) < 4.78 is 8.87. The van der Waals surface area contributed by atoms with Gasteiger partial charge in [0.1, 0.15) is 23.6 Å². The van der Waals surface area contributed by atoms with Crippen LogP contribution < -0.4 is 15.8 Å². The van der Waals surface area contributed by atoms with Crippen LogP contribution in [0.4, 0.5) is 0 Å². The number of nitrogens with two attached hydrogens (primary N) is 1. The molecule has 10 heteroatoms. The molecule has 0 saturated heterocycles. The standard InChI is InChI=1S/C18H22N6O4/c1-18(10-25,17(19)27)21-16(26)15-13-6-12(4-5-14(13)22-24(15)3)28-9-11-7-20-23(2)8-11/h4-8,25H,9-10H2,1-3H3,(H2,19,27)(H,21,26). The average molecular weight is 386 g/mol. The summed E-state index contributed by atoms with van der Waals surface area (Å²) in [5.41, 5.74) is 5.43. The second-order valence-corrected chi connectivity index (χ2v) is 6.77. The number of aromatic nitrogens is 4. The minimum atomic E-state index is -1.58. The number of carbonyl (C=O) groups is 2. The third-order valence-corrected chi connectivity index (χ3v) is 4.43. The maximum atomic E-state index is 12.8. The van der Waals surface area contributed by atoms with Gasteiger partial charge in [-0.3, -0.25) is 19.0 Å². The molecule has 0 bridgehead atoms. The Morgan fingerprint density at radius 2 is 2.11 bits per heavy atom. The number of aryl methyl sites for hydroxylation is 2. The van der Waals surface area contributed by atoms with Gasteiger partial charge in [-0.25, -0.2) is 0 Å². The second-order valence-electron chi connectivity index (χ2n) is 6.77. The largest absolute Gasteiger partial charge is 0.489 e. The number of primary amides is 1. The summed E-state index contributed by atoms with van der Waals surface area (Å²) in [6, 6.07) is 5.20. The minimum absolute atomic E-state index is 0.225. The number of aliphatic hydroxyl groups excluding tert-OH is 1. The zero-order valence-electron chi connectivity index (χ0n) is 15.8. The van der Waals surface area contributed by atoms with Crippen molar-refractivity contribution in [2.24, 2.45) is 19.8 Å². The van der Waals surface area contributed by atoms with Crippen LogP contribution in [0.15, 0.2) is 30.6 Å². The highest BCUT2D eigenvalue weighted by molar-refractivity contribution is 6.07. The number of nitrogens with zero attached hydrogens (tertiary/aromatic N) is 4. The van der Waals surface area contributed by atoms with E-state index in [1.807, 2.05) is 13.2 Å². The van der Waals surface area contributed by atoms with E-state index >= 15 is 0 Å². The summed E-state index contributed by atoms with van der Waals surface area (Å²) in [5, 5.41) is 20.9. The first-order chi connectivity index (χ1) is 13.2. The Kier molecular flexibility index (Phi) is 5.06. The lowest BCUT2D eigenvalue weighted by atomic mass is 10.0. The topological polar surface area (TPSA) is 137 Å². The summed E-state index contributed by atoms with van der Waals surface area (Å²) in [4.78, 5) is 24.4. The molecule has 10 nitrogen and oxygen atoms in total. The summed E-state index contributed by atoms with van der Waals surface area (Å²) in [6.45, 7) is 1.06. The molecule has 0 aliphatic heterocycles. The number of hydrogen-bond donors (Lipinski definition) is 3. The van der Waals surface area contributed by atoms with Crippen molar-refractivity contribution in [1.29, 1.82) is 0 Å². The minimum Gasteiger partial charge on any atom is -0.489 e. The van der Waals surface area contributed by atoms with Gasteiger partial charge in [-0.2, -0.15) is 10.2 Å². The van der Waals surface area contributed by atoms with E-state index in [0.29, 0.717) is 23.3 Å². The van der Waals surface area contributed by atoms with Crippen LogP contribution in [0.3, 0.4) is 0 Å². The number of benzene rings is 1. The SMILES string of the molecule is Cn1cc(COc2ccc3nn(C)c(C(=O)NC(C)(CO)C(N)=O)c3c2)cn1. The average Bonchev–Trinajstić information content (AvgIpc) is 3.21. The molecule has 0 fully saturated rings. The van der Waals surface area contributed by atoms with Gasteiger partial charge in [0.2, 0.25) is 5.91 Å². The number of ether oxygens (including phenoxy) is 1. The lowest BCUT2D eigenvalue weighted by Crippen LogP contribution is -2.58. The zero-order chi connectivity index (χ0) is 20.5. The molecule has 2 aromatic heterocycles. The number of nitrogens with one attached hydrogen (secondary N) is 1. The van der Waals surface area contributed by atoms with Crippen molar-refractivity contribution in [2.75, 3.05) is 6.61 Å². The van der Waals surface area contributed by atoms with Gasteiger partial charge >= 0.3 is 0 Å². The predicted molar refractivity (Wildman–Crippen MR) is 100 cm³/mol. The van der Waals surface area contributed by atoms with Gasteiger partial charge in [-0.15, -0.1) is 0 Å². The number of amides is 2. The van der Waals surface area contributed by atoms with Gasteiger partial charge in [0.05, 0.1) is 18.3 Å². The first-order valence-electron chi connectivity index (χ1n) is 8.54. The highest BCUT2D eigenvalue weighted by Crippen LogP contribution is 2.24. The number of aliphatic hydroxyl groups is 1. The molecular weight excluding hydrogens is 364 g/mol. The molecule has 2 amide bonds. The van der Waals surface area contributed by atoms with E-state index in [1.54, 1.807) is 36.1 Å². The van der Waals surface area contributed by atoms with Crippen molar-refractivity contribution >= 4 is 22.7 Å². The molecule has 0 aliphatic rings. The van der Waals surface area contributed by atoms with Gasteiger partial charge < -0.3 is 20.9 Å². The predicted octanol–water partition coefficient (Wildman–Crippen LogP) is -0.148. The summed E-state index contributed by atoms with van der Waals surface area (Å²) in [6.07, 6.45) is 3.56. The fourth-order valence-electron chi connectivity index (χ4n) is 2.74. The molecule has 1 unspecified atom stereocenters. The van der Waals surface area contributed by atoms with Crippen LogP contribution in [-0.4, -0.2) is 48.6 Å². The summed E-state index contributed by atoms with van der Waals surface area (Å²) in [5.74, 6) is -0.863. The molecule has 2 heterocycles. The van der Waals surface area contributed by atoms with E-state index < -0.39 is 24.0 Å². The van der Waals surface area contributed by atoms with Gasteiger partial charge in [0.25, 0.3) is 5.91 Å². The highest BCUT2D eigenvalue weighted by Gasteiger charge is 2.33. The summed E-state index contributed by atoms with van der Waals surface area (Å²) in [7, 11) is 3.44. The van der Waals surface area contributed by atoms with Gasteiger partial charge in [0, 0.05) is 31.2 Å². The molecule has 28 heavy (non-hydrogen) atoms. The summed E-state index contributed by atoms with van der Waals surface area (Å²) >= 11 is 0. The lowest BCUT2D eigenvalue weighted by molar-refractivity contribution is -0.124. The molecular formula is C18H22N6O4. The Labute approximate surface area is 160 Å². The molecule has 1 atom stereocenters.